The summed E-state index contributed by atoms with van der Waals surface area (Å²) in [6.45, 7) is 3.88. The number of fused-ring (bicyclic) bond motifs is 1. The van der Waals surface area contributed by atoms with Crippen molar-refractivity contribution in [2.45, 2.75) is 32.4 Å². The Morgan fingerprint density at radius 2 is 1.72 bits per heavy atom. The number of benzene rings is 1. The molecule has 0 radical (unpaired) electrons. The van der Waals surface area contributed by atoms with Gasteiger partial charge in [0, 0.05) is 12.7 Å². The van der Waals surface area contributed by atoms with Gasteiger partial charge in [0.2, 0.25) is 0 Å². The summed E-state index contributed by atoms with van der Waals surface area (Å²) < 4.78 is 1.63. The minimum Gasteiger partial charge on any atom is -0.299 e. The van der Waals surface area contributed by atoms with E-state index in [-0.39, 0.29) is 5.56 Å². The van der Waals surface area contributed by atoms with Gasteiger partial charge in [-0.3, -0.25) is 14.3 Å². The molecule has 1 fully saturated rings. The fraction of sp³-hybridized carbons (Fsp3) is 0.350. The quantitative estimate of drug-likeness (QED) is 0.736. The molecule has 1 aliphatic rings. The average Bonchev–Trinajstić information content (AvgIpc) is 2.65. The van der Waals surface area contributed by atoms with E-state index in [0.29, 0.717) is 17.6 Å². The summed E-state index contributed by atoms with van der Waals surface area (Å²) in [6.07, 6.45) is 7.19. The van der Waals surface area contributed by atoms with Crippen LogP contribution in [0.15, 0.2) is 53.7 Å². The maximum atomic E-state index is 12.6. The molecule has 0 amide bonds. The Morgan fingerprint density at radius 1 is 0.920 bits per heavy atom. The summed E-state index contributed by atoms with van der Waals surface area (Å²) in [5, 5.41) is 0. The first-order chi connectivity index (χ1) is 12.3. The lowest BCUT2D eigenvalue weighted by molar-refractivity contribution is 0.221. The summed E-state index contributed by atoms with van der Waals surface area (Å²) in [5.41, 5.74) is 3.40. The predicted molar refractivity (Wildman–Crippen MR) is 98.5 cm³/mol. The smallest absolute Gasteiger partial charge is 0.280 e. The topological polar surface area (TPSA) is 51.0 Å². The number of nitrogens with zero attached hydrogens (tertiary/aromatic N) is 4. The molecule has 5 nitrogen and oxygen atoms in total. The molecule has 0 unspecified atom stereocenters. The third kappa shape index (κ3) is 3.61. The molecule has 0 N–H and O–H groups in total. The highest BCUT2D eigenvalue weighted by Gasteiger charge is 2.11. The van der Waals surface area contributed by atoms with Crippen molar-refractivity contribution in [3.8, 4) is 0 Å². The summed E-state index contributed by atoms with van der Waals surface area (Å²) in [7, 11) is 0. The first kappa shape index (κ1) is 16.0. The van der Waals surface area contributed by atoms with Gasteiger partial charge in [0.15, 0.2) is 5.52 Å². The Hall–Kier alpha value is -2.53. The fourth-order valence-electron chi connectivity index (χ4n) is 3.50. The second-order valence-electron chi connectivity index (χ2n) is 6.71. The molecule has 3 aromatic rings. The van der Waals surface area contributed by atoms with E-state index in [0.717, 1.165) is 12.1 Å². The molecule has 2 aromatic heterocycles. The van der Waals surface area contributed by atoms with Gasteiger partial charge in [-0.05, 0) is 49.2 Å². The van der Waals surface area contributed by atoms with Gasteiger partial charge in [-0.1, -0.05) is 30.7 Å². The summed E-state index contributed by atoms with van der Waals surface area (Å²) in [5.74, 6) is 0. The fourth-order valence-corrected chi connectivity index (χ4v) is 3.50. The maximum absolute atomic E-state index is 12.6. The number of hydrogen-bond donors (Lipinski definition) is 0. The van der Waals surface area contributed by atoms with E-state index in [9.17, 15) is 4.79 Å². The predicted octanol–water partition coefficient (Wildman–Crippen LogP) is 2.83. The first-order valence-corrected chi connectivity index (χ1v) is 8.90. The van der Waals surface area contributed by atoms with Gasteiger partial charge < -0.3 is 0 Å². The summed E-state index contributed by atoms with van der Waals surface area (Å²) in [6, 6.07) is 12.1. The van der Waals surface area contributed by atoms with Gasteiger partial charge in [-0.2, -0.15) is 0 Å². The maximum Gasteiger partial charge on any atom is 0.280 e. The van der Waals surface area contributed by atoms with Crippen molar-refractivity contribution in [1.82, 2.24) is 19.4 Å². The van der Waals surface area contributed by atoms with Crippen molar-refractivity contribution in [3.63, 3.8) is 0 Å². The third-order valence-corrected chi connectivity index (χ3v) is 4.79. The molecule has 1 aliphatic heterocycles. The molecule has 4 rings (SSSR count). The zero-order chi connectivity index (χ0) is 17.1. The van der Waals surface area contributed by atoms with Gasteiger partial charge in [-0.25, -0.2) is 9.97 Å². The molecule has 25 heavy (non-hydrogen) atoms. The van der Waals surface area contributed by atoms with Crippen LogP contribution >= 0.6 is 0 Å². The average molecular weight is 334 g/mol. The summed E-state index contributed by atoms with van der Waals surface area (Å²) >= 11 is 0. The second kappa shape index (κ2) is 7.15. The van der Waals surface area contributed by atoms with Gasteiger partial charge in [0.1, 0.15) is 0 Å². The lowest BCUT2D eigenvalue weighted by Gasteiger charge is -2.26. The Bertz CT molecular complexity index is 928. The highest BCUT2D eigenvalue weighted by Crippen LogP contribution is 2.14. The van der Waals surface area contributed by atoms with Crippen molar-refractivity contribution < 1.29 is 0 Å². The number of likely N-dealkylation sites (tertiary alicyclic amines) is 1. The second-order valence-corrected chi connectivity index (χ2v) is 6.71. The molecule has 0 atom stereocenters. The van der Waals surface area contributed by atoms with Crippen LogP contribution in [0.25, 0.3) is 11.0 Å². The zero-order valence-electron chi connectivity index (χ0n) is 14.3. The highest BCUT2D eigenvalue weighted by atomic mass is 16.1. The van der Waals surface area contributed by atoms with Crippen LogP contribution in [0.2, 0.25) is 0 Å². The molecule has 1 saturated heterocycles. The molecule has 5 heteroatoms. The van der Waals surface area contributed by atoms with E-state index in [1.165, 1.54) is 37.9 Å². The van der Waals surface area contributed by atoms with Gasteiger partial charge in [0.05, 0.1) is 18.4 Å². The monoisotopic (exact) mass is 334 g/mol. The van der Waals surface area contributed by atoms with E-state index in [1.54, 1.807) is 23.2 Å². The van der Waals surface area contributed by atoms with E-state index in [4.69, 9.17) is 0 Å². The van der Waals surface area contributed by atoms with Crippen molar-refractivity contribution in [2.75, 3.05) is 13.1 Å². The minimum absolute atomic E-state index is 0.0907. The van der Waals surface area contributed by atoms with Gasteiger partial charge >= 0.3 is 0 Å². The molecule has 0 spiro atoms. The van der Waals surface area contributed by atoms with Gasteiger partial charge in [-0.15, -0.1) is 0 Å². The Morgan fingerprint density at radius 3 is 2.56 bits per heavy atom. The minimum atomic E-state index is -0.0907. The number of rotatable bonds is 4. The number of aromatic nitrogens is 3. The largest absolute Gasteiger partial charge is 0.299 e. The number of piperidine rings is 1. The van der Waals surface area contributed by atoms with Crippen LogP contribution in [0.1, 0.15) is 30.4 Å². The SMILES string of the molecule is O=c1c2ncccc2ncn1Cc1cccc(CN2CCCCC2)c1. The van der Waals surface area contributed by atoms with E-state index in [2.05, 4.69) is 39.1 Å². The third-order valence-electron chi connectivity index (χ3n) is 4.79. The van der Waals surface area contributed by atoms with E-state index < -0.39 is 0 Å². The van der Waals surface area contributed by atoms with Gasteiger partial charge in [0.25, 0.3) is 5.56 Å². The lowest BCUT2D eigenvalue weighted by atomic mass is 10.1. The Kier molecular flexibility index (Phi) is 4.57. The van der Waals surface area contributed by atoms with Crippen molar-refractivity contribution >= 4 is 11.0 Å². The van der Waals surface area contributed by atoms with Crippen LogP contribution in [0.4, 0.5) is 0 Å². The van der Waals surface area contributed by atoms with Crippen molar-refractivity contribution in [3.05, 3.63) is 70.4 Å². The zero-order valence-corrected chi connectivity index (χ0v) is 14.3. The van der Waals surface area contributed by atoms with Crippen LogP contribution in [-0.4, -0.2) is 32.5 Å². The van der Waals surface area contributed by atoms with Crippen LogP contribution in [0.5, 0.6) is 0 Å². The standard InChI is InChI=1S/C20H22N4O/c25-20-19-18(8-5-9-21-19)22-15-24(20)14-17-7-4-6-16(12-17)13-23-10-2-1-3-11-23/h4-9,12,15H,1-3,10-11,13-14H2. The molecule has 3 heterocycles. The highest BCUT2D eigenvalue weighted by molar-refractivity contribution is 5.71. The van der Waals surface area contributed by atoms with E-state index >= 15 is 0 Å². The number of hydrogen-bond acceptors (Lipinski definition) is 4. The van der Waals surface area contributed by atoms with Crippen LogP contribution in [-0.2, 0) is 13.1 Å². The van der Waals surface area contributed by atoms with Crippen LogP contribution in [0.3, 0.4) is 0 Å². The molecule has 1 aromatic carbocycles. The lowest BCUT2D eigenvalue weighted by Crippen LogP contribution is -2.29. The summed E-state index contributed by atoms with van der Waals surface area (Å²) in [4.78, 5) is 23.6. The van der Waals surface area contributed by atoms with Crippen molar-refractivity contribution in [2.24, 2.45) is 0 Å². The van der Waals surface area contributed by atoms with Crippen LogP contribution < -0.4 is 5.56 Å². The molecule has 128 valence electrons. The number of pyridine rings is 1. The molecule has 0 saturated carbocycles. The van der Waals surface area contributed by atoms with Crippen molar-refractivity contribution in [1.29, 1.82) is 0 Å². The van der Waals surface area contributed by atoms with E-state index in [1.807, 2.05) is 6.07 Å². The normalized spacial score (nSPS) is 15.5. The Labute approximate surface area is 147 Å². The molecular weight excluding hydrogens is 312 g/mol. The Balaban J connectivity index is 1.55. The molecule has 0 aliphatic carbocycles. The first-order valence-electron chi connectivity index (χ1n) is 8.90. The molecule has 0 bridgehead atoms. The molecular formula is C20H22N4O. The van der Waals surface area contributed by atoms with Crippen LogP contribution in [0, 0.1) is 0 Å².